The fraction of sp³-hybridized carbons (Fsp3) is 0.562. The highest BCUT2D eigenvalue weighted by atomic mass is 35.5. The first-order valence-electron chi connectivity index (χ1n) is 8.31. The second-order valence-corrected chi connectivity index (χ2v) is 8.11. The van der Waals surface area contributed by atoms with Crippen LogP contribution in [0.15, 0.2) is 29.2 Å². The lowest BCUT2D eigenvalue weighted by Gasteiger charge is -2.35. The van der Waals surface area contributed by atoms with Gasteiger partial charge in [-0.15, -0.1) is 12.4 Å². The minimum atomic E-state index is -3.66. The highest BCUT2D eigenvalue weighted by molar-refractivity contribution is 7.89. The van der Waals surface area contributed by atoms with Gasteiger partial charge in [-0.25, -0.2) is 12.8 Å². The van der Waals surface area contributed by atoms with Crippen molar-refractivity contribution < 1.29 is 22.3 Å². The van der Waals surface area contributed by atoms with Crippen LogP contribution < -0.4 is 5.32 Å². The Kier molecular flexibility index (Phi) is 7.36. The molecule has 0 radical (unpaired) electrons. The number of halogens is 2. The first-order valence-corrected chi connectivity index (χ1v) is 9.75. The molecule has 0 aliphatic carbocycles. The van der Waals surface area contributed by atoms with Gasteiger partial charge >= 0.3 is 0 Å². The summed E-state index contributed by atoms with van der Waals surface area (Å²) in [6.07, 6.45) is 0.352. The summed E-state index contributed by atoms with van der Waals surface area (Å²) in [5, 5.41) is 3.24. The molecule has 0 saturated carbocycles. The van der Waals surface area contributed by atoms with Crippen LogP contribution in [0.1, 0.15) is 6.42 Å². The molecule has 1 unspecified atom stereocenters. The number of rotatable bonds is 4. The molecule has 2 fully saturated rings. The number of hydrogen-bond acceptors (Lipinski definition) is 5. The molecule has 2 saturated heterocycles. The molecule has 7 nitrogen and oxygen atoms in total. The van der Waals surface area contributed by atoms with Gasteiger partial charge in [-0.1, -0.05) is 0 Å². The van der Waals surface area contributed by atoms with Gasteiger partial charge in [-0.3, -0.25) is 4.79 Å². The average Bonchev–Trinajstić information content (AvgIpc) is 2.63. The SMILES string of the molecule is Cl.O=C(CC1COCCN1)N1CCN(S(=O)(=O)c2ccc(F)cc2)CC1. The van der Waals surface area contributed by atoms with Gasteiger partial charge < -0.3 is 15.0 Å². The van der Waals surface area contributed by atoms with Crippen molar-refractivity contribution >= 4 is 28.3 Å². The summed E-state index contributed by atoms with van der Waals surface area (Å²) >= 11 is 0. The number of amides is 1. The second-order valence-electron chi connectivity index (χ2n) is 6.17. The Balaban J connectivity index is 0.00000243. The van der Waals surface area contributed by atoms with Crippen molar-refractivity contribution in [2.24, 2.45) is 0 Å². The van der Waals surface area contributed by atoms with E-state index in [0.29, 0.717) is 32.7 Å². The summed E-state index contributed by atoms with van der Waals surface area (Å²) in [5.74, 6) is -0.475. The molecule has 2 heterocycles. The Morgan fingerprint density at radius 1 is 1.19 bits per heavy atom. The molecule has 26 heavy (non-hydrogen) atoms. The summed E-state index contributed by atoms with van der Waals surface area (Å²) in [4.78, 5) is 14.1. The number of nitrogens with one attached hydrogen (secondary N) is 1. The first kappa shape index (κ1) is 21.0. The predicted octanol–water partition coefficient (Wildman–Crippen LogP) is 0.459. The van der Waals surface area contributed by atoms with E-state index in [1.165, 1.54) is 16.4 Å². The number of benzene rings is 1. The van der Waals surface area contributed by atoms with Crippen LogP contribution >= 0.6 is 12.4 Å². The molecule has 1 atom stereocenters. The van der Waals surface area contributed by atoms with E-state index in [2.05, 4.69) is 5.32 Å². The number of carbonyl (C=O) groups is 1. The van der Waals surface area contributed by atoms with Crippen molar-refractivity contribution in [2.75, 3.05) is 45.9 Å². The van der Waals surface area contributed by atoms with Crippen molar-refractivity contribution in [3.63, 3.8) is 0 Å². The third kappa shape index (κ3) is 4.92. The van der Waals surface area contributed by atoms with E-state index < -0.39 is 15.8 Å². The molecule has 0 spiro atoms. The van der Waals surface area contributed by atoms with Gasteiger partial charge in [-0.2, -0.15) is 4.31 Å². The van der Waals surface area contributed by atoms with Gasteiger partial charge in [0, 0.05) is 45.2 Å². The summed E-state index contributed by atoms with van der Waals surface area (Å²) < 4.78 is 44.8. The van der Waals surface area contributed by atoms with E-state index in [-0.39, 0.29) is 42.3 Å². The number of morpholine rings is 1. The maximum absolute atomic E-state index is 13.0. The minimum Gasteiger partial charge on any atom is -0.378 e. The third-order valence-electron chi connectivity index (χ3n) is 4.46. The van der Waals surface area contributed by atoms with Crippen molar-refractivity contribution in [3.8, 4) is 0 Å². The van der Waals surface area contributed by atoms with Crippen LogP contribution in [-0.2, 0) is 19.6 Å². The Morgan fingerprint density at radius 3 is 2.42 bits per heavy atom. The number of carbonyl (C=O) groups excluding carboxylic acids is 1. The number of nitrogens with zero attached hydrogens (tertiary/aromatic N) is 2. The van der Waals surface area contributed by atoms with E-state index in [4.69, 9.17) is 4.74 Å². The van der Waals surface area contributed by atoms with Crippen molar-refractivity contribution in [1.82, 2.24) is 14.5 Å². The van der Waals surface area contributed by atoms with Crippen molar-refractivity contribution in [3.05, 3.63) is 30.1 Å². The summed E-state index contributed by atoms with van der Waals surface area (Å²) in [7, 11) is -3.66. The summed E-state index contributed by atoms with van der Waals surface area (Å²) in [6.45, 7) is 3.09. The molecule has 2 aliphatic heterocycles. The molecule has 0 bridgehead atoms. The van der Waals surface area contributed by atoms with Crippen molar-refractivity contribution in [2.45, 2.75) is 17.4 Å². The first-order chi connectivity index (χ1) is 12.0. The van der Waals surface area contributed by atoms with Crippen LogP contribution in [0, 0.1) is 5.82 Å². The molecule has 10 heteroatoms. The molecule has 1 N–H and O–H groups in total. The van der Waals surface area contributed by atoms with E-state index >= 15 is 0 Å². The molecule has 2 aliphatic rings. The molecule has 1 aromatic rings. The highest BCUT2D eigenvalue weighted by Crippen LogP contribution is 2.18. The van der Waals surface area contributed by atoms with E-state index in [1.54, 1.807) is 4.90 Å². The van der Waals surface area contributed by atoms with Gasteiger partial charge in [0.1, 0.15) is 5.82 Å². The number of piperazine rings is 1. The lowest BCUT2D eigenvalue weighted by atomic mass is 10.1. The zero-order chi connectivity index (χ0) is 17.9. The predicted molar refractivity (Wildman–Crippen MR) is 96.2 cm³/mol. The molecule has 0 aromatic heterocycles. The van der Waals surface area contributed by atoms with E-state index in [9.17, 15) is 17.6 Å². The quantitative estimate of drug-likeness (QED) is 0.784. The molecule has 1 amide bonds. The highest BCUT2D eigenvalue weighted by Gasteiger charge is 2.31. The van der Waals surface area contributed by atoms with Crippen LogP contribution in [0.25, 0.3) is 0 Å². The van der Waals surface area contributed by atoms with E-state index in [0.717, 1.165) is 18.7 Å². The topological polar surface area (TPSA) is 79.0 Å². The Labute approximate surface area is 158 Å². The second kappa shape index (κ2) is 9.09. The van der Waals surface area contributed by atoms with Crippen LogP contribution in [-0.4, -0.2) is 75.5 Å². The Bertz CT molecular complexity index is 703. The molecule has 1 aromatic carbocycles. The van der Waals surface area contributed by atoms with E-state index in [1.807, 2.05) is 0 Å². The Morgan fingerprint density at radius 2 is 1.85 bits per heavy atom. The van der Waals surface area contributed by atoms with Gasteiger partial charge in [0.15, 0.2) is 0 Å². The van der Waals surface area contributed by atoms with Crippen LogP contribution in [0.3, 0.4) is 0 Å². The standard InChI is InChI=1S/C16H22FN3O4S.ClH/c17-13-1-3-15(4-2-13)25(22,23)20-8-6-19(7-9-20)16(21)11-14-12-24-10-5-18-14;/h1-4,14,18H,5-12H2;1H. The average molecular weight is 408 g/mol. The maximum atomic E-state index is 13.0. The zero-order valence-corrected chi connectivity index (χ0v) is 15.9. The molecular formula is C16H23ClFN3O4S. The monoisotopic (exact) mass is 407 g/mol. The number of hydrogen-bond donors (Lipinski definition) is 1. The normalized spacial score (nSPS) is 21.9. The van der Waals surface area contributed by atoms with Crippen molar-refractivity contribution in [1.29, 1.82) is 0 Å². The molecule has 3 rings (SSSR count). The van der Waals surface area contributed by atoms with Gasteiger partial charge in [-0.05, 0) is 24.3 Å². The number of sulfonamides is 1. The Hall–Kier alpha value is -1.26. The maximum Gasteiger partial charge on any atom is 0.243 e. The summed E-state index contributed by atoms with van der Waals surface area (Å²) in [5.41, 5.74) is 0. The fourth-order valence-electron chi connectivity index (χ4n) is 3.02. The van der Waals surface area contributed by atoms with Crippen LogP contribution in [0.2, 0.25) is 0 Å². The van der Waals surface area contributed by atoms with Gasteiger partial charge in [0.05, 0.1) is 18.1 Å². The number of ether oxygens (including phenoxy) is 1. The lowest BCUT2D eigenvalue weighted by molar-refractivity contribution is -0.133. The lowest BCUT2D eigenvalue weighted by Crippen LogP contribution is -2.52. The minimum absolute atomic E-state index is 0. The summed E-state index contributed by atoms with van der Waals surface area (Å²) in [6, 6.07) is 4.80. The van der Waals surface area contributed by atoms with Gasteiger partial charge in [0.25, 0.3) is 0 Å². The smallest absolute Gasteiger partial charge is 0.243 e. The largest absolute Gasteiger partial charge is 0.378 e. The van der Waals surface area contributed by atoms with Gasteiger partial charge in [0.2, 0.25) is 15.9 Å². The zero-order valence-electron chi connectivity index (χ0n) is 14.3. The van der Waals surface area contributed by atoms with Crippen LogP contribution in [0.4, 0.5) is 4.39 Å². The third-order valence-corrected chi connectivity index (χ3v) is 6.38. The molecular weight excluding hydrogens is 385 g/mol. The van der Waals surface area contributed by atoms with Crippen LogP contribution in [0.5, 0.6) is 0 Å². The molecule has 146 valence electrons. The fourth-order valence-corrected chi connectivity index (χ4v) is 4.45.